The van der Waals surface area contributed by atoms with Gasteiger partial charge in [0.25, 0.3) is 5.91 Å². The number of benzene rings is 1. The second-order valence-electron chi connectivity index (χ2n) is 7.92. The highest BCUT2D eigenvalue weighted by molar-refractivity contribution is 5.93. The summed E-state index contributed by atoms with van der Waals surface area (Å²) in [6, 6.07) is 6.16. The Morgan fingerprint density at radius 2 is 1.86 bits per heavy atom. The van der Waals surface area contributed by atoms with E-state index in [0.29, 0.717) is 36.0 Å². The average molecular weight is 399 g/mol. The third-order valence-corrected chi connectivity index (χ3v) is 5.85. The van der Waals surface area contributed by atoms with Crippen LogP contribution in [0.3, 0.4) is 0 Å². The smallest absolute Gasteiger partial charge is 0.276 e. The monoisotopic (exact) mass is 399 g/mol. The van der Waals surface area contributed by atoms with E-state index < -0.39 is 0 Å². The zero-order chi connectivity index (χ0) is 20.4. The van der Waals surface area contributed by atoms with Gasteiger partial charge in [-0.3, -0.25) is 9.59 Å². The van der Waals surface area contributed by atoms with Gasteiger partial charge in [0.15, 0.2) is 11.6 Å². The van der Waals surface area contributed by atoms with Gasteiger partial charge in [0.05, 0.1) is 6.42 Å². The molecule has 2 fully saturated rings. The molecule has 0 saturated carbocycles. The molecule has 0 spiro atoms. The van der Waals surface area contributed by atoms with Crippen molar-refractivity contribution in [1.29, 1.82) is 0 Å². The fourth-order valence-corrected chi connectivity index (χ4v) is 4.17. The predicted octanol–water partition coefficient (Wildman–Crippen LogP) is 3.31. The summed E-state index contributed by atoms with van der Waals surface area (Å²) in [5, 5.41) is 0. The van der Waals surface area contributed by atoms with E-state index in [-0.39, 0.29) is 30.0 Å². The zero-order valence-electron chi connectivity index (χ0n) is 16.7. The van der Waals surface area contributed by atoms with Crippen molar-refractivity contribution in [2.24, 2.45) is 0 Å². The molecule has 1 aromatic carbocycles. The van der Waals surface area contributed by atoms with Gasteiger partial charge in [-0.1, -0.05) is 12.1 Å². The molecular weight excluding hydrogens is 373 g/mol. The number of halogens is 1. The van der Waals surface area contributed by atoms with Crippen molar-refractivity contribution in [3.05, 3.63) is 53.0 Å². The Morgan fingerprint density at radius 3 is 2.55 bits per heavy atom. The fourth-order valence-electron chi connectivity index (χ4n) is 4.17. The van der Waals surface area contributed by atoms with E-state index in [4.69, 9.17) is 4.42 Å². The maximum absolute atomic E-state index is 13.3. The van der Waals surface area contributed by atoms with E-state index >= 15 is 0 Å². The summed E-state index contributed by atoms with van der Waals surface area (Å²) in [5.41, 5.74) is 1.11. The van der Waals surface area contributed by atoms with E-state index in [1.54, 1.807) is 19.1 Å². The molecule has 2 aliphatic rings. The molecule has 2 amide bonds. The van der Waals surface area contributed by atoms with Crippen molar-refractivity contribution < 1.29 is 18.4 Å². The molecule has 6 nitrogen and oxygen atoms in total. The van der Waals surface area contributed by atoms with Crippen LogP contribution in [0.5, 0.6) is 0 Å². The quantitative estimate of drug-likeness (QED) is 0.791. The van der Waals surface area contributed by atoms with Crippen LogP contribution in [0.1, 0.15) is 59.3 Å². The average Bonchev–Trinajstić information content (AvgIpc) is 3.38. The Morgan fingerprint density at radius 1 is 1.14 bits per heavy atom. The fraction of sp³-hybridized carbons (Fsp3) is 0.500. The molecule has 0 aliphatic carbocycles. The van der Waals surface area contributed by atoms with Gasteiger partial charge in [0.2, 0.25) is 5.91 Å². The van der Waals surface area contributed by atoms with Crippen molar-refractivity contribution in [1.82, 2.24) is 14.8 Å². The molecule has 0 radical (unpaired) electrons. The van der Waals surface area contributed by atoms with Crippen LogP contribution in [0.4, 0.5) is 4.39 Å². The number of carbonyl (C=O) groups is 2. The number of amides is 2. The topological polar surface area (TPSA) is 66.7 Å². The number of hydrogen-bond donors (Lipinski definition) is 0. The Labute approximate surface area is 169 Å². The summed E-state index contributed by atoms with van der Waals surface area (Å²) >= 11 is 0. The van der Waals surface area contributed by atoms with E-state index in [9.17, 15) is 14.0 Å². The number of hydrogen-bond acceptors (Lipinski definition) is 4. The Balaban J connectivity index is 1.35. The lowest BCUT2D eigenvalue weighted by atomic mass is 9.96. The first-order valence-corrected chi connectivity index (χ1v) is 10.3. The Kier molecular flexibility index (Phi) is 5.65. The molecule has 0 bridgehead atoms. The molecule has 2 saturated heterocycles. The van der Waals surface area contributed by atoms with Crippen LogP contribution in [-0.2, 0) is 11.2 Å². The maximum Gasteiger partial charge on any atom is 0.276 e. The molecule has 0 N–H and O–H groups in total. The second kappa shape index (κ2) is 8.35. The highest BCUT2D eigenvalue weighted by atomic mass is 19.1. The first-order valence-electron chi connectivity index (χ1n) is 10.3. The van der Waals surface area contributed by atoms with Gasteiger partial charge < -0.3 is 14.2 Å². The summed E-state index contributed by atoms with van der Waals surface area (Å²) in [6.07, 6.45) is 3.77. The van der Waals surface area contributed by atoms with Crippen LogP contribution in [-0.4, -0.2) is 52.8 Å². The minimum absolute atomic E-state index is 0.00235. The molecule has 0 unspecified atom stereocenters. The number of piperidine rings is 1. The number of aryl methyl sites for hydroxylation is 1. The molecular formula is C22H26FN3O3. The molecule has 29 heavy (non-hydrogen) atoms. The lowest BCUT2D eigenvalue weighted by Gasteiger charge is -2.30. The van der Waals surface area contributed by atoms with Crippen molar-refractivity contribution in [2.75, 3.05) is 26.2 Å². The first-order chi connectivity index (χ1) is 14.0. The van der Waals surface area contributed by atoms with Gasteiger partial charge in [0, 0.05) is 32.1 Å². The molecule has 7 heteroatoms. The standard InChI is InChI=1S/C22H26FN3O3/c1-15-20(22(28)26-9-2-3-10-26)24-21(29-15)17-7-11-25(12-8-17)19(27)14-16-5-4-6-18(23)13-16/h4-6,13,17H,2-3,7-12,14H2,1H3. The molecule has 154 valence electrons. The first kappa shape index (κ1) is 19.6. The Bertz CT molecular complexity index is 896. The minimum Gasteiger partial charge on any atom is -0.445 e. The highest BCUT2D eigenvalue weighted by Gasteiger charge is 2.30. The summed E-state index contributed by atoms with van der Waals surface area (Å²) in [6.45, 7) is 4.57. The largest absolute Gasteiger partial charge is 0.445 e. The van der Waals surface area contributed by atoms with Crippen LogP contribution in [0.15, 0.2) is 28.7 Å². The van der Waals surface area contributed by atoms with Crippen molar-refractivity contribution in [3.8, 4) is 0 Å². The van der Waals surface area contributed by atoms with E-state index in [1.165, 1.54) is 12.1 Å². The van der Waals surface area contributed by atoms with E-state index in [0.717, 1.165) is 38.8 Å². The van der Waals surface area contributed by atoms with Gasteiger partial charge in [-0.15, -0.1) is 0 Å². The van der Waals surface area contributed by atoms with Gasteiger partial charge in [0.1, 0.15) is 11.6 Å². The van der Waals surface area contributed by atoms with Crippen LogP contribution in [0.2, 0.25) is 0 Å². The van der Waals surface area contributed by atoms with Crippen LogP contribution in [0.25, 0.3) is 0 Å². The Hall–Kier alpha value is -2.70. The molecule has 2 aromatic rings. The summed E-state index contributed by atoms with van der Waals surface area (Å²) < 4.78 is 19.2. The highest BCUT2D eigenvalue weighted by Crippen LogP contribution is 2.29. The van der Waals surface area contributed by atoms with Crippen LogP contribution in [0, 0.1) is 12.7 Å². The summed E-state index contributed by atoms with van der Waals surface area (Å²) in [5.74, 6) is 0.906. The zero-order valence-corrected chi connectivity index (χ0v) is 16.7. The van der Waals surface area contributed by atoms with Gasteiger partial charge in [-0.25, -0.2) is 9.37 Å². The van der Waals surface area contributed by atoms with Crippen molar-refractivity contribution >= 4 is 11.8 Å². The second-order valence-corrected chi connectivity index (χ2v) is 7.92. The SMILES string of the molecule is Cc1oc(C2CCN(C(=O)Cc3cccc(F)c3)CC2)nc1C(=O)N1CCCC1. The van der Waals surface area contributed by atoms with Gasteiger partial charge >= 0.3 is 0 Å². The van der Waals surface area contributed by atoms with E-state index in [1.807, 2.05) is 9.80 Å². The minimum atomic E-state index is -0.326. The molecule has 0 atom stereocenters. The predicted molar refractivity (Wildman–Crippen MR) is 105 cm³/mol. The van der Waals surface area contributed by atoms with Gasteiger partial charge in [-0.2, -0.15) is 0 Å². The number of likely N-dealkylation sites (tertiary alicyclic amines) is 2. The van der Waals surface area contributed by atoms with Crippen molar-refractivity contribution in [3.63, 3.8) is 0 Å². The van der Waals surface area contributed by atoms with Crippen LogP contribution >= 0.6 is 0 Å². The molecule has 4 rings (SSSR count). The third kappa shape index (κ3) is 4.33. The third-order valence-electron chi connectivity index (χ3n) is 5.85. The number of carbonyl (C=O) groups excluding carboxylic acids is 2. The number of rotatable bonds is 4. The normalized spacial score (nSPS) is 17.7. The summed E-state index contributed by atoms with van der Waals surface area (Å²) in [7, 11) is 0. The van der Waals surface area contributed by atoms with Crippen LogP contribution < -0.4 is 0 Å². The molecule has 2 aliphatic heterocycles. The van der Waals surface area contributed by atoms with Gasteiger partial charge in [-0.05, 0) is 50.3 Å². The summed E-state index contributed by atoms with van der Waals surface area (Å²) in [4.78, 5) is 33.3. The lowest BCUT2D eigenvalue weighted by Crippen LogP contribution is -2.38. The van der Waals surface area contributed by atoms with Crippen molar-refractivity contribution in [2.45, 2.75) is 44.9 Å². The number of aromatic nitrogens is 1. The molecule has 1 aromatic heterocycles. The number of nitrogens with zero attached hydrogens (tertiary/aromatic N) is 3. The maximum atomic E-state index is 13.3. The molecule has 3 heterocycles. The number of oxazole rings is 1. The van der Waals surface area contributed by atoms with E-state index in [2.05, 4.69) is 4.98 Å². The lowest BCUT2D eigenvalue weighted by molar-refractivity contribution is -0.131.